The van der Waals surface area contributed by atoms with Gasteiger partial charge >= 0.3 is 5.97 Å². The highest BCUT2D eigenvalue weighted by Gasteiger charge is 2.12. The molecule has 7 nitrogen and oxygen atoms in total. The molecule has 26 heavy (non-hydrogen) atoms. The number of aromatic nitrogens is 1. The summed E-state index contributed by atoms with van der Waals surface area (Å²) in [6, 6.07) is 13.7. The number of esters is 1. The van der Waals surface area contributed by atoms with Gasteiger partial charge in [-0.05, 0) is 25.1 Å². The summed E-state index contributed by atoms with van der Waals surface area (Å²) in [6.45, 7) is 1.96. The number of carbonyl (C=O) groups excluding carboxylic acids is 1. The average molecular weight is 351 g/mol. The number of anilines is 1. The molecule has 0 spiro atoms. The fraction of sp³-hybridized carbons (Fsp3) is 0.105. The Morgan fingerprint density at radius 1 is 1.27 bits per heavy atom. The van der Waals surface area contributed by atoms with Crippen LogP contribution < -0.4 is 5.32 Å². The first kappa shape index (κ1) is 17.2. The van der Waals surface area contributed by atoms with Gasteiger partial charge in [-0.2, -0.15) is 0 Å². The Morgan fingerprint density at radius 3 is 2.85 bits per heavy atom. The minimum Gasteiger partial charge on any atom is -0.463 e. The summed E-state index contributed by atoms with van der Waals surface area (Å²) >= 11 is 0. The molecule has 1 aromatic heterocycles. The maximum absolute atomic E-state index is 12.0. The van der Waals surface area contributed by atoms with Gasteiger partial charge in [0.05, 0.1) is 17.2 Å². The lowest BCUT2D eigenvalue weighted by molar-refractivity contribution is -0.384. The van der Waals surface area contributed by atoms with Crippen LogP contribution in [-0.4, -0.2) is 22.5 Å². The molecule has 7 heteroatoms. The third-order valence-corrected chi connectivity index (χ3v) is 3.78. The second-order valence-corrected chi connectivity index (χ2v) is 5.49. The van der Waals surface area contributed by atoms with Crippen LogP contribution in [0.5, 0.6) is 0 Å². The van der Waals surface area contributed by atoms with Gasteiger partial charge in [0.1, 0.15) is 0 Å². The molecule has 3 rings (SSSR count). The molecular formula is C19H17N3O4. The Bertz CT molecular complexity index is 991. The van der Waals surface area contributed by atoms with Crippen molar-refractivity contribution in [2.45, 2.75) is 6.92 Å². The van der Waals surface area contributed by atoms with Crippen LogP contribution in [0, 0.1) is 10.1 Å². The van der Waals surface area contributed by atoms with Crippen LogP contribution in [0.15, 0.2) is 60.8 Å². The quantitative estimate of drug-likeness (QED) is 0.302. The zero-order valence-corrected chi connectivity index (χ0v) is 14.1. The van der Waals surface area contributed by atoms with Crippen molar-refractivity contribution < 1.29 is 14.5 Å². The number of benzene rings is 2. The van der Waals surface area contributed by atoms with Gasteiger partial charge in [0.15, 0.2) is 0 Å². The minimum atomic E-state index is -0.525. The number of nitrogens with zero attached hydrogens (tertiary/aromatic N) is 1. The lowest BCUT2D eigenvalue weighted by atomic mass is 10.1. The highest BCUT2D eigenvalue weighted by molar-refractivity contribution is 6.00. The molecule has 0 aliphatic carbocycles. The van der Waals surface area contributed by atoms with Crippen molar-refractivity contribution >= 4 is 33.9 Å². The van der Waals surface area contributed by atoms with Gasteiger partial charge < -0.3 is 15.0 Å². The SMILES string of the molecule is CCOC(=O)/C=C(/Nc1cccc2[nH]ccc12)c1cccc([N+](=O)[O-])c1. The van der Waals surface area contributed by atoms with Crippen LogP contribution in [0.3, 0.4) is 0 Å². The van der Waals surface area contributed by atoms with Crippen molar-refractivity contribution in [1.82, 2.24) is 4.98 Å². The molecule has 0 aliphatic rings. The van der Waals surface area contributed by atoms with E-state index in [-0.39, 0.29) is 12.3 Å². The van der Waals surface area contributed by atoms with E-state index in [0.717, 1.165) is 16.6 Å². The number of nitro benzene ring substituents is 1. The van der Waals surface area contributed by atoms with Crippen molar-refractivity contribution in [3.05, 3.63) is 76.5 Å². The van der Waals surface area contributed by atoms with Crippen LogP contribution in [0.4, 0.5) is 11.4 Å². The number of hydrogen-bond donors (Lipinski definition) is 2. The molecular weight excluding hydrogens is 334 g/mol. The van der Waals surface area contributed by atoms with Crippen LogP contribution in [0.2, 0.25) is 0 Å². The largest absolute Gasteiger partial charge is 0.463 e. The minimum absolute atomic E-state index is 0.0566. The van der Waals surface area contributed by atoms with E-state index < -0.39 is 10.9 Å². The molecule has 1 heterocycles. The van der Waals surface area contributed by atoms with E-state index in [1.165, 1.54) is 18.2 Å². The molecule has 0 aliphatic heterocycles. The predicted molar refractivity (Wildman–Crippen MR) is 99.6 cm³/mol. The molecule has 0 atom stereocenters. The fourth-order valence-corrected chi connectivity index (χ4v) is 2.62. The van der Waals surface area contributed by atoms with E-state index in [0.29, 0.717) is 11.3 Å². The van der Waals surface area contributed by atoms with Gasteiger partial charge in [0, 0.05) is 46.6 Å². The van der Waals surface area contributed by atoms with E-state index in [1.807, 2.05) is 30.5 Å². The van der Waals surface area contributed by atoms with Crippen LogP contribution in [0.1, 0.15) is 12.5 Å². The van der Waals surface area contributed by atoms with Crippen LogP contribution >= 0.6 is 0 Å². The molecule has 3 aromatic rings. The lowest BCUT2D eigenvalue weighted by Crippen LogP contribution is -2.06. The predicted octanol–water partition coefficient (Wildman–Crippen LogP) is 4.09. The highest BCUT2D eigenvalue weighted by Crippen LogP contribution is 2.27. The van der Waals surface area contributed by atoms with Gasteiger partial charge in [-0.15, -0.1) is 0 Å². The second kappa shape index (κ2) is 7.52. The van der Waals surface area contributed by atoms with Crippen molar-refractivity contribution in [3.63, 3.8) is 0 Å². The van der Waals surface area contributed by atoms with E-state index in [1.54, 1.807) is 19.1 Å². The number of ether oxygens (including phenoxy) is 1. The van der Waals surface area contributed by atoms with Gasteiger partial charge in [-0.25, -0.2) is 4.79 Å². The van der Waals surface area contributed by atoms with Crippen molar-refractivity contribution in [2.75, 3.05) is 11.9 Å². The summed E-state index contributed by atoms with van der Waals surface area (Å²) in [7, 11) is 0. The molecule has 0 amide bonds. The highest BCUT2D eigenvalue weighted by atomic mass is 16.6. The normalized spacial score (nSPS) is 11.3. The van der Waals surface area contributed by atoms with E-state index in [4.69, 9.17) is 4.74 Å². The Kier molecular flexibility index (Phi) is 4.98. The van der Waals surface area contributed by atoms with Crippen molar-refractivity contribution in [3.8, 4) is 0 Å². The maximum Gasteiger partial charge on any atom is 0.332 e. The third-order valence-electron chi connectivity index (χ3n) is 3.78. The first-order valence-electron chi connectivity index (χ1n) is 8.05. The summed E-state index contributed by atoms with van der Waals surface area (Å²) in [5, 5.41) is 15.2. The number of fused-ring (bicyclic) bond motifs is 1. The topological polar surface area (TPSA) is 97.3 Å². The Hall–Kier alpha value is -3.61. The number of non-ortho nitro benzene ring substituents is 1. The van der Waals surface area contributed by atoms with E-state index in [2.05, 4.69) is 10.3 Å². The number of nitrogens with one attached hydrogen (secondary N) is 2. The summed E-state index contributed by atoms with van der Waals surface area (Å²) in [5.41, 5.74) is 2.58. The second-order valence-electron chi connectivity index (χ2n) is 5.49. The van der Waals surface area contributed by atoms with Crippen molar-refractivity contribution in [1.29, 1.82) is 0 Å². The monoisotopic (exact) mass is 351 g/mol. The van der Waals surface area contributed by atoms with Crippen LogP contribution in [-0.2, 0) is 9.53 Å². The van der Waals surface area contributed by atoms with E-state index in [9.17, 15) is 14.9 Å². The molecule has 0 saturated carbocycles. The molecule has 2 N–H and O–H groups in total. The zero-order valence-electron chi connectivity index (χ0n) is 14.1. The van der Waals surface area contributed by atoms with Gasteiger partial charge in [-0.1, -0.05) is 18.2 Å². The first-order valence-corrected chi connectivity index (χ1v) is 8.05. The first-order chi connectivity index (χ1) is 12.6. The van der Waals surface area contributed by atoms with Crippen LogP contribution in [0.25, 0.3) is 16.6 Å². The zero-order chi connectivity index (χ0) is 18.5. The Labute approximate surface area is 149 Å². The summed E-state index contributed by atoms with van der Waals surface area (Å²) in [6.07, 6.45) is 3.12. The molecule has 0 saturated heterocycles. The smallest absolute Gasteiger partial charge is 0.332 e. The lowest BCUT2D eigenvalue weighted by Gasteiger charge is -2.12. The number of H-pyrrole nitrogens is 1. The maximum atomic E-state index is 12.0. The summed E-state index contributed by atoms with van der Waals surface area (Å²) < 4.78 is 4.99. The molecule has 0 fully saturated rings. The number of aromatic amines is 1. The van der Waals surface area contributed by atoms with Gasteiger partial charge in [0.2, 0.25) is 0 Å². The summed E-state index contributed by atoms with van der Waals surface area (Å²) in [5.74, 6) is -0.525. The van der Waals surface area contributed by atoms with E-state index >= 15 is 0 Å². The number of carbonyl (C=O) groups is 1. The fourth-order valence-electron chi connectivity index (χ4n) is 2.62. The molecule has 2 aromatic carbocycles. The molecule has 132 valence electrons. The third kappa shape index (κ3) is 3.72. The number of hydrogen-bond acceptors (Lipinski definition) is 5. The average Bonchev–Trinajstić information content (AvgIpc) is 3.11. The Morgan fingerprint density at radius 2 is 2.08 bits per heavy atom. The van der Waals surface area contributed by atoms with Gasteiger partial charge in [0.25, 0.3) is 5.69 Å². The standard InChI is InChI=1S/C19H17N3O4/c1-2-26-19(23)12-18(13-5-3-6-14(11-13)22(24)25)21-17-8-4-7-16-15(17)9-10-20-16/h3-12,20-21H,2H2,1H3/b18-12+. The van der Waals surface area contributed by atoms with Gasteiger partial charge in [-0.3, -0.25) is 10.1 Å². The molecule has 0 unspecified atom stereocenters. The number of rotatable bonds is 6. The Balaban J connectivity index is 2.04. The van der Waals surface area contributed by atoms with Crippen molar-refractivity contribution in [2.24, 2.45) is 0 Å². The number of nitro groups is 1. The molecule has 0 bridgehead atoms. The molecule has 0 radical (unpaired) electrons. The summed E-state index contributed by atoms with van der Waals surface area (Å²) in [4.78, 5) is 25.7.